The molecule has 1 saturated heterocycles. The maximum atomic E-state index is 13.9. The van der Waals surface area contributed by atoms with Crippen LogP contribution in [-0.2, 0) is 10.0 Å². The molecule has 0 bridgehead atoms. The first-order chi connectivity index (χ1) is 15.3. The highest BCUT2D eigenvalue weighted by atomic mass is 32.2. The molecule has 4 rings (SSSR count). The molecule has 3 aromatic rings. The zero-order chi connectivity index (χ0) is 22.7. The summed E-state index contributed by atoms with van der Waals surface area (Å²) in [5.74, 6) is -0.844. The molecular weight excluding hydrogens is 439 g/mol. The summed E-state index contributed by atoms with van der Waals surface area (Å²) in [4.78, 5) is 0. The number of aromatic nitrogens is 1. The number of hydrogen-bond acceptors (Lipinski definition) is 4. The van der Waals surface area contributed by atoms with E-state index >= 15 is 0 Å². The minimum Gasteiger partial charge on any atom is -0.382 e. The molecule has 2 heterocycles. The number of hydrogen-bond donors (Lipinski definition) is 2. The zero-order valence-corrected chi connectivity index (χ0v) is 18.1. The lowest BCUT2D eigenvalue weighted by Gasteiger charge is -2.25. The molecule has 170 valence electrons. The SMILES string of the molecule is O=S(=O)(CC=Cc1cccc(F)c1)n1cc(C(F)F)c2c(NC3CCNCC3)cccc21. The van der Waals surface area contributed by atoms with Gasteiger partial charge in [-0.2, -0.15) is 0 Å². The van der Waals surface area contributed by atoms with Gasteiger partial charge in [0.05, 0.1) is 11.3 Å². The number of benzene rings is 2. The number of fused-ring (bicyclic) bond motifs is 1. The van der Waals surface area contributed by atoms with Crippen molar-refractivity contribution in [2.75, 3.05) is 24.2 Å². The van der Waals surface area contributed by atoms with Gasteiger partial charge in [-0.05, 0) is 55.8 Å². The molecule has 1 fully saturated rings. The Morgan fingerprint density at radius 2 is 1.91 bits per heavy atom. The molecule has 1 aliphatic rings. The van der Waals surface area contributed by atoms with Crippen molar-refractivity contribution in [3.05, 3.63) is 71.7 Å². The average molecular weight is 464 g/mol. The van der Waals surface area contributed by atoms with E-state index in [9.17, 15) is 21.6 Å². The third kappa shape index (κ3) is 4.83. The summed E-state index contributed by atoms with van der Waals surface area (Å²) in [5.41, 5.74) is 0.904. The highest BCUT2D eigenvalue weighted by Gasteiger charge is 2.25. The van der Waals surface area contributed by atoms with Crippen LogP contribution in [0, 0.1) is 5.82 Å². The Kier molecular flexibility index (Phi) is 6.57. The maximum absolute atomic E-state index is 13.9. The first-order valence-electron chi connectivity index (χ1n) is 10.4. The van der Waals surface area contributed by atoms with Crippen LogP contribution < -0.4 is 10.6 Å². The molecule has 1 aromatic heterocycles. The quantitative estimate of drug-likeness (QED) is 0.530. The van der Waals surface area contributed by atoms with E-state index in [2.05, 4.69) is 10.6 Å². The van der Waals surface area contributed by atoms with E-state index in [1.165, 1.54) is 36.4 Å². The van der Waals surface area contributed by atoms with Gasteiger partial charge in [0.2, 0.25) is 10.0 Å². The molecule has 0 aliphatic carbocycles. The van der Waals surface area contributed by atoms with Crippen LogP contribution in [0.3, 0.4) is 0 Å². The minimum atomic E-state index is -3.96. The third-order valence-electron chi connectivity index (χ3n) is 5.52. The van der Waals surface area contributed by atoms with E-state index in [0.717, 1.165) is 36.1 Å². The van der Waals surface area contributed by atoms with E-state index in [-0.39, 0.29) is 22.5 Å². The van der Waals surface area contributed by atoms with Crippen molar-refractivity contribution in [3.8, 4) is 0 Å². The second kappa shape index (κ2) is 9.38. The molecule has 2 aromatic carbocycles. The Labute approximate surface area is 185 Å². The molecule has 5 nitrogen and oxygen atoms in total. The van der Waals surface area contributed by atoms with Gasteiger partial charge >= 0.3 is 0 Å². The average Bonchev–Trinajstić information content (AvgIpc) is 3.17. The highest BCUT2D eigenvalue weighted by molar-refractivity contribution is 7.90. The van der Waals surface area contributed by atoms with E-state index in [1.54, 1.807) is 18.2 Å². The van der Waals surface area contributed by atoms with Crippen molar-refractivity contribution >= 4 is 32.7 Å². The van der Waals surface area contributed by atoms with E-state index < -0.39 is 28.0 Å². The molecule has 0 radical (unpaired) electrons. The monoisotopic (exact) mass is 463 g/mol. The van der Waals surface area contributed by atoms with Crippen molar-refractivity contribution < 1.29 is 21.6 Å². The number of piperidine rings is 1. The largest absolute Gasteiger partial charge is 0.382 e. The molecule has 0 unspecified atom stereocenters. The first kappa shape index (κ1) is 22.4. The van der Waals surface area contributed by atoms with Crippen molar-refractivity contribution in [2.45, 2.75) is 25.3 Å². The summed E-state index contributed by atoms with van der Waals surface area (Å²) in [7, 11) is -3.96. The lowest BCUT2D eigenvalue weighted by atomic mass is 10.0. The summed E-state index contributed by atoms with van der Waals surface area (Å²) in [5, 5.41) is 6.80. The van der Waals surface area contributed by atoms with Gasteiger partial charge in [-0.3, -0.25) is 0 Å². The van der Waals surface area contributed by atoms with Crippen LogP contribution in [-0.4, -0.2) is 37.3 Å². The van der Waals surface area contributed by atoms with Crippen LogP contribution in [0.5, 0.6) is 0 Å². The van der Waals surface area contributed by atoms with E-state index in [0.29, 0.717) is 11.3 Å². The van der Waals surface area contributed by atoms with Gasteiger partial charge in [0, 0.05) is 28.9 Å². The fourth-order valence-corrected chi connectivity index (χ4v) is 5.21. The standard InChI is InChI=1S/C23H24F3N3O2S/c24-17-6-1-4-16(14-17)5-3-13-32(30,31)29-15-19(23(25)26)22-20(7-2-8-21(22)29)28-18-9-11-27-12-10-18/h1-8,14-15,18,23,27-28H,9-13H2. The summed E-state index contributed by atoms with van der Waals surface area (Å²) in [6.45, 7) is 1.67. The number of nitrogens with one attached hydrogen (secondary N) is 2. The van der Waals surface area contributed by atoms with Crippen LogP contribution in [0.2, 0.25) is 0 Å². The van der Waals surface area contributed by atoms with E-state index in [4.69, 9.17) is 0 Å². The van der Waals surface area contributed by atoms with Crippen LogP contribution in [0.1, 0.15) is 30.4 Å². The van der Waals surface area contributed by atoms with E-state index in [1.807, 2.05) is 0 Å². The molecule has 2 N–H and O–H groups in total. The Hall–Kier alpha value is -2.78. The minimum absolute atomic E-state index is 0.126. The Morgan fingerprint density at radius 3 is 2.62 bits per heavy atom. The third-order valence-corrected chi connectivity index (χ3v) is 7.04. The fraction of sp³-hybridized carbons (Fsp3) is 0.304. The molecule has 32 heavy (non-hydrogen) atoms. The normalized spacial score (nSPS) is 15.8. The highest BCUT2D eigenvalue weighted by Crippen LogP contribution is 2.36. The van der Waals surface area contributed by atoms with Crippen LogP contribution in [0.4, 0.5) is 18.9 Å². The molecule has 0 saturated carbocycles. The summed E-state index contributed by atoms with van der Waals surface area (Å²) >= 11 is 0. The zero-order valence-electron chi connectivity index (χ0n) is 17.3. The van der Waals surface area contributed by atoms with Crippen LogP contribution >= 0.6 is 0 Å². The second-order valence-electron chi connectivity index (χ2n) is 7.79. The van der Waals surface area contributed by atoms with Crippen molar-refractivity contribution in [2.24, 2.45) is 0 Å². The predicted octanol–water partition coefficient (Wildman–Crippen LogP) is 4.77. The van der Waals surface area contributed by atoms with Gasteiger partial charge in [-0.15, -0.1) is 0 Å². The van der Waals surface area contributed by atoms with Crippen molar-refractivity contribution in [1.29, 1.82) is 0 Å². The van der Waals surface area contributed by atoms with Crippen LogP contribution in [0.25, 0.3) is 17.0 Å². The second-order valence-corrected chi connectivity index (χ2v) is 9.68. The number of halogens is 3. The number of nitrogens with zero attached hydrogens (tertiary/aromatic N) is 1. The Bertz CT molecular complexity index is 1230. The van der Waals surface area contributed by atoms with Gasteiger partial charge in [0.25, 0.3) is 6.43 Å². The van der Waals surface area contributed by atoms with Gasteiger partial charge in [-0.25, -0.2) is 25.6 Å². The summed E-state index contributed by atoms with van der Waals surface area (Å²) < 4.78 is 68.0. The van der Waals surface area contributed by atoms with Gasteiger partial charge in [-0.1, -0.05) is 30.4 Å². The van der Waals surface area contributed by atoms with Gasteiger partial charge in [0.15, 0.2) is 0 Å². The number of anilines is 1. The lowest BCUT2D eigenvalue weighted by molar-refractivity contribution is 0.153. The smallest absolute Gasteiger partial charge is 0.266 e. The number of alkyl halides is 2. The lowest BCUT2D eigenvalue weighted by Crippen LogP contribution is -2.35. The van der Waals surface area contributed by atoms with Crippen molar-refractivity contribution in [1.82, 2.24) is 9.29 Å². The van der Waals surface area contributed by atoms with Gasteiger partial charge < -0.3 is 10.6 Å². The van der Waals surface area contributed by atoms with Gasteiger partial charge in [0.1, 0.15) is 5.82 Å². The first-order valence-corrected chi connectivity index (χ1v) is 12.0. The molecule has 0 spiro atoms. The summed E-state index contributed by atoms with van der Waals surface area (Å²) in [6.07, 6.45) is 2.76. The Morgan fingerprint density at radius 1 is 1.16 bits per heavy atom. The molecule has 9 heteroatoms. The molecule has 0 amide bonds. The van der Waals surface area contributed by atoms with Crippen molar-refractivity contribution in [3.63, 3.8) is 0 Å². The number of rotatable bonds is 7. The maximum Gasteiger partial charge on any atom is 0.266 e. The fourth-order valence-electron chi connectivity index (χ4n) is 3.99. The van der Waals surface area contributed by atoms with Crippen LogP contribution in [0.15, 0.2) is 54.7 Å². The Balaban J connectivity index is 1.68. The molecule has 0 atom stereocenters. The molecular formula is C23H24F3N3O2S. The predicted molar refractivity (Wildman–Crippen MR) is 121 cm³/mol. The topological polar surface area (TPSA) is 63.1 Å². The molecule has 1 aliphatic heterocycles. The summed E-state index contributed by atoms with van der Waals surface area (Å²) in [6, 6.07) is 10.8.